The number of H-pyrrole nitrogens is 1. The summed E-state index contributed by atoms with van der Waals surface area (Å²) in [7, 11) is -6.82. The standard InChI is InChI=1S/C36H26F4N8S/c1-49(2,3,40,36(37,38)39)48-34-26-18-10-11-19-27(26)35(48)47-33-25-17-9-7-15-23(25)31(45-33)43-29-21-13-5-4-12-20(21)28(41-29)42-30-22-14-6-8-16-24(22)32(44-30)46-34/h4-19H,1-3H3,(H,41,42,43,44,45,46,47). The summed E-state index contributed by atoms with van der Waals surface area (Å²) in [6.45, 7) is 0. The van der Waals surface area contributed by atoms with Crippen molar-refractivity contribution < 1.29 is 17.1 Å². The van der Waals surface area contributed by atoms with Crippen LogP contribution in [0.1, 0.15) is 0 Å². The molecule has 0 saturated heterocycles. The van der Waals surface area contributed by atoms with Crippen LogP contribution in [-0.4, -0.2) is 63.1 Å². The third-order valence-corrected chi connectivity index (χ3v) is 12.7. The van der Waals surface area contributed by atoms with E-state index in [4.69, 9.17) is 29.9 Å². The van der Waals surface area contributed by atoms with E-state index in [-0.39, 0.29) is 45.4 Å². The monoisotopic (exact) mass is 678 g/mol. The molecule has 0 radical (unpaired) electrons. The number of halogens is 4. The van der Waals surface area contributed by atoms with Gasteiger partial charge >= 0.3 is 5.51 Å². The molecule has 0 unspecified atom stereocenters. The molecule has 7 aromatic rings. The summed E-state index contributed by atoms with van der Waals surface area (Å²) in [6.07, 6.45) is 1.87. The van der Waals surface area contributed by atoms with Gasteiger partial charge in [-0.3, -0.25) is 3.97 Å². The van der Waals surface area contributed by atoms with Crippen molar-refractivity contribution in [2.75, 3.05) is 18.8 Å². The van der Waals surface area contributed by atoms with Crippen molar-refractivity contribution in [1.29, 1.82) is 0 Å². The van der Waals surface area contributed by atoms with Crippen molar-refractivity contribution in [1.82, 2.24) is 38.9 Å². The summed E-state index contributed by atoms with van der Waals surface area (Å²) >= 11 is 0. The zero-order valence-electron chi connectivity index (χ0n) is 26.3. The Morgan fingerprint density at radius 3 is 1.18 bits per heavy atom. The van der Waals surface area contributed by atoms with E-state index in [1.165, 1.54) is 0 Å². The Morgan fingerprint density at radius 1 is 0.490 bits per heavy atom. The fourth-order valence-corrected chi connectivity index (χ4v) is 8.26. The first-order chi connectivity index (χ1) is 23.2. The van der Waals surface area contributed by atoms with Crippen molar-refractivity contribution in [3.63, 3.8) is 0 Å². The van der Waals surface area contributed by atoms with Crippen molar-refractivity contribution in [2.24, 2.45) is 0 Å². The average Bonchev–Trinajstić information content (AvgIpc) is 3.78. The molecule has 2 aliphatic rings. The maximum Gasteiger partial charge on any atom is 0.449 e. The minimum Gasteiger partial charge on any atom is -0.324 e. The van der Waals surface area contributed by atoms with Crippen LogP contribution in [0.2, 0.25) is 0 Å². The molecule has 49 heavy (non-hydrogen) atoms. The lowest BCUT2D eigenvalue weighted by molar-refractivity contribution is -0.0495. The Balaban J connectivity index is 1.60. The minimum atomic E-state index is -6.82. The first kappa shape index (κ1) is 29.4. The highest BCUT2D eigenvalue weighted by Gasteiger charge is 2.71. The molecule has 0 amide bonds. The van der Waals surface area contributed by atoms with Gasteiger partial charge in [0, 0.05) is 43.8 Å². The Labute approximate surface area is 275 Å². The lowest BCUT2D eigenvalue weighted by Crippen LogP contribution is -2.47. The normalized spacial score (nSPS) is 14.3. The number of aromatic nitrogens is 8. The van der Waals surface area contributed by atoms with Gasteiger partial charge in [-0.05, 0) is 27.6 Å². The van der Waals surface area contributed by atoms with Crippen LogP contribution < -0.4 is 0 Å². The van der Waals surface area contributed by atoms with Crippen LogP contribution in [0.3, 0.4) is 0 Å². The molecular formula is C36H26F4N8S. The van der Waals surface area contributed by atoms with Crippen molar-refractivity contribution in [3.05, 3.63) is 97.1 Å². The maximum absolute atomic E-state index is 17.9. The molecule has 244 valence electrons. The van der Waals surface area contributed by atoms with E-state index in [1.54, 1.807) is 48.5 Å². The minimum absolute atomic E-state index is 0.0908. The summed E-state index contributed by atoms with van der Waals surface area (Å²) in [5.74, 6) is 0.761. The average molecular weight is 679 g/mol. The van der Waals surface area contributed by atoms with Crippen LogP contribution in [0.15, 0.2) is 97.1 Å². The van der Waals surface area contributed by atoms with Gasteiger partial charge in [-0.15, -0.1) is 0 Å². The number of nitrogens with one attached hydrogen (secondary N) is 1. The fraction of sp³-hybridized carbons (Fsp3) is 0.111. The lowest BCUT2D eigenvalue weighted by Gasteiger charge is -2.65. The molecule has 9 rings (SSSR count). The second-order valence-electron chi connectivity index (χ2n) is 13.4. The summed E-state index contributed by atoms with van der Waals surface area (Å²) in [5, 5.41) is 2.11. The van der Waals surface area contributed by atoms with Gasteiger partial charge in [0.15, 0.2) is 34.6 Å². The lowest BCUT2D eigenvalue weighted by atomic mass is 10.1. The van der Waals surface area contributed by atoms with Crippen LogP contribution in [0.25, 0.3) is 89.7 Å². The predicted octanol–water partition coefficient (Wildman–Crippen LogP) is 9.28. The number of rotatable bonds is 1. The summed E-state index contributed by atoms with van der Waals surface area (Å²) < 4.78 is 64.9. The topological polar surface area (TPSA) is 98.1 Å². The molecule has 4 aromatic carbocycles. The van der Waals surface area contributed by atoms with Crippen LogP contribution in [-0.2, 0) is 0 Å². The fourth-order valence-electron chi connectivity index (χ4n) is 6.44. The first-order valence-corrected chi connectivity index (χ1v) is 18.8. The number of hydrogen-bond acceptors (Lipinski definition) is 6. The Bertz CT molecular complexity index is 2600. The van der Waals surface area contributed by atoms with Crippen molar-refractivity contribution >= 4 is 53.0 Å². The van der Waals surface area contributed by atoms with E-state index < -0.39 is 14.4 Å². The van der Waals surface area contributed by atoms with E-state index in [2.05, 4.69) is 4.98 Å². The Morgan fingerprint density at radius 2 is 0.816 bits per heavy atom. The Kier molecular flexibility index (Phi) is 5.44. The quantitative estimate of drug-likeness (QED) is 0.174. The number of nitrogens with zero attached hydrogens (tertiary/aromatic N) is 7. The second-order valence-corrected chi connectivity index (χ2v) is 20.4. The first-order valence-electron chi connectivity index (χ1n) is 15.3. The highest BCUT2D eigenvalue weighted by molar-refractivity contribution is 8.59. The van der Waals surface area contributed by atoms with Crippen molar-refractivity contribution in [3.8, 4) is 45.6 Å². The molecule has 3 aromatic heterocycles. The molecule has 5 heterocycles. The molecule has 0 aliphatic carbocycles. The van der Waals surface area contributed by atoms with E-state index in [9.17, 15) is 0 Å². The molecule has 8 nitrogen and oxygen atoms in total. The van der Waals surface area contributed by atoms with E-state index in [1.807, 2.05) is 48.5 Å². The van der Waals surface area contributed by atoms with Gasteiger partial charge in [0.05, 0.1) is 0 Å². The number of benzene rings is 4. The van der Waals surface area contributed by atoms with Crippen molar-refractivity contribution in [2.45, 2.75) is 5.51 Å². The van der Waals surface area contributed by atoms with Gasteiger partial charge in [-0.25, -0.2) is 29.9 Å². The molecule has 2 aliphatic heterocycles. The zero-order chi connectivity index (χ0) is 34.0. The zero-order valence-corrected chi connectivity index (χ0v) is 27.1. The number of aromatic amines is 1. The molecule has 0 spiro atoms. The van der Waals surface area contributed by atoms with Gasteiger partial charge in [-0.2, -0.15) is 17.1 Å². The Hall–Kier alpha value is -5.69. The molecule has 0 atom stereocenters. The van der Waals surface area contributed by atoms with Crippen LogP contribution in [0.4, 0.5) is 17.1 Å². The van der Waals surface area contributed by atoms with E-state index >= 15 is 17.1 Å². The van der Waals surface area contributed by atoms with Crippen LogP contribution >= 0.6 is 8.87 Å². The SMILES string of the molecule is CS(C)(C)(F)(n1c2nc3nc(nc4[nH]c(nc5nc(nc1c1ccccc12)-c1ccccc1-5)c1ccccc41)-c1ccccc1-3)C(F)(F)F. The van der Waals surface area contributed by atoms with Gasteiger partial charge in [0.1, 0.15) is 11.3 Å². The third-order valence-electron chi connectivity index (χ3n) is 9.16. The van der Waals surface area contributed by atoms with E-state index in [0.717, 1.165) is 10.8 Å². The van der Waals surface area contributed by atoms with Crippen LogP contribution in [0, 0.1) is 0 Å². The second kappa shape index (κ2) is 9.05. The summed E-state index contributed by atoms with van der Waals surface area (Å²) in [6, 6.07) is 28.5. The third kappa shape index (κ3) is 3.99. The molecular weight excluding hydrogens is 653 g/mol. The summed E-state index contributed by atoms with van der Waals surface area (Å²) in [4.78, 5) is 32.3. The largest absolute Gasteiger partial charge is 0.449 e. The highest BCUT2D eigenvalue weighted by atomic mass is 32.4. The molecule has 0 saturated carbocycles. The number of hydrogen-bond donors (Lipinski definition) is 1. The van der Waals surface area contributed by atoms with Crippen LogP contribution in [0.5, 0.6) is 0 Å². The number of fused-ring (bicyclic) bond motifs is 20. The molecule has 1 N–H and O–H groups in total. The van der Waals surface area contributed by atoms with Gasteiger partial charge in [0.25, 0.3) is 0 Å². The van der Waals surface area contributed by atoms with Gasteiger partial charge < -0.3 is 4.98 Å². The van der Waals surface area contributed by atoms with Gasteiger partial charge in [-0.1, -0.05) is 97.1 Å². The van der Waals surface area contributed by atoms with E-state index in [0.29, 0.717) is 56.3 Å². The highest BCUT2D eigenvalue weighted by Crippen LogP contribution is 2.93. The summed E-state index contributed by atoms with van der Waals surface area (Å²) in [5.41, 5.74) is -2.59. The molecule has 8 bridgehead atoms. The maximum atomic E-state index is 17.9. The number of alkyl halides is 3. The predicted molar refractivity (Wildman–Crippen MR) is 188 cm³/mol. The van der Waals surface area contributed by atoms with Gasteiger partial charge in [0.2, 0.25) is 0 Å². The smallest absolute Gasteiger partial charge is 0.324 e. The molecule has 0 fully saturated rings. The molecule has 13 heteroatoms.